The topological polar surface area (TPSA) is 46.5 Å². The molecular weight excluding hydrogens is 295 g/mol. The van der Waals surface area contributed by atoms with Crippen LogP contribution in [0.5, 0.6) is 5.75 Å². The molecule has 4 heteroatoms. The molecule has 14 heavy (non-hydrogen) atoms. The molecular formula is C10H11IO3. The first kappa shape index (κ1) is 11.3. The zero-order chi connectivity index (χ0) is 10.7. The Bertz CT molecular complexity index is 347. The van der Waals surface area contributed by atoms with Gasteiger partial charge in [0, 0.05) is 3.57 Å². The third-order valence-electron chi connectivity index (χ3n) is 1.52. The molecule has 0 saturated carbocycles. The van der Waals surface area contributed by atoms with E-state index >= 15 is 0 Å². The van der Waals surface area contributed by atoms with Crippen LogP contribution in [0.2, 0.25) is 0 Å². The van der Waals surface area contributed by atoms with Gasteiger partial charge in [0.2, 0.25) is 0 Å². The summed E-state index contributed by atoms with van der Waals surface area (Å²) in [6.45, 7) is 3.53. The lowest BCUT2D eigenvalue weighted by molar-refractivity contribution is 0.0374. The molecule has 0 unspecified atom stereocenters. The molecule has 0 radical (unpaired) electrons. The van der Waals surface area contributed by atoms with E-state index in [0.29, 0.717) is 0 Å². The summed E-state index contributed by atoms with van der Waals surface area (Å²) in [6.07, 6.45) is -0.179. The Balaban J connectivity index is 2.90. The van der Waals surface area contributed by atoms with E-state index in [2.05, 4.69) is 22.6 Å². The monoisotopic (exact) mass is 306 g/mol. The van der Waals surface area contributed by atoms with E-state index in [1.807, 2.05) is 0 Å². The Hall–Kier alpha value is -0.780. The van der Waals surface area contributed by atoms with Gasteiger partial charge in [-0.1, -0.05) is 0 Å². The number of phenolic OH excluding ortho intramolecular Hbond substituents is 1. The highest BCUT2D eigenvalue weighted by molar-refractivity contribution is 14.1. The molecule has 0 aromatic heterocycles. The van der Waals surface area contributed by atoms with Gasteiger partial charge in [-0.3, -0.25) is 0 Å². The minimum absolute atomic E-state index is 0.0393. The van der Waals surface area contributed by atoms with Crippen LogP contribution in [0.1, 0.15) is 24.2 Å². The van der Waals surface area contributed by atoms with Crippen molar-refractivity contribution in [2.24, 2.45) is 0 Å². The molecule has 3 nitrogen and oxygen atoms in total. The van der Waals surface area contributed by atoms with Gasteiger partial charge >= 0.3 is 5.97 Å². The molecule has 0 fully saturated rings. The lowest BCUT2D eigenvalue weighted by atomic mass is 10.2. The average molecular weight is 306 g/mol. The van der Waals surface area contributed by atoms with Crippen LogP contribution in [0, 0.1) is 3.57 Å². The average Bonchev–Trinajstić information content (AvgIpc) is 2.01. The largest absolute Gasteiger partial charge is 0.507 e. The fourth-order valence-corrected chi connectivity index (χ4v) is 1.43. The van der Waals surface area contributed by atoms with Crippen molar-refractivity contribution in [1.29, 1.82) is 0 Å². The van der Waals surface area contributed by atoms with Crippen molar-refractivity contribution in [3.8, 4) is 5.75 Å². The zero-order valence-electron chi connectivity index (χ0n) is 7.95. The summed E-state index contributed by atoms with van der Waals surface area (Å²) < 4.78 is 5.83. The minimum atomic E-state index is -0.492. The van der Waals surface area contributed by atoms with E-state index in [1.54, 1.807) is 26.0 Å². The molecule has 0 aliphatic carbocycles. The van der Waals surface area contributed by atoms with E-state index in [-0.39, 0.29) is 17.4 Å². The summed E-state index contributed by atoms with van der Waals surface area (Å²) >= 11 is 2.06. The van der Waals surface area contributed by atoms with Gasteiger partial charge in [0.05, 0.1) is 6.10 Å². The highest BCUT2D eigenvalue weighted by Gasteiger charge is 2.13. The number of carbonyl (C=O) groups is 1. The van der Waals surface area contributed by atoms with Gasteiger partial charge in [-0.05, 0) is 54.6 Å². The highest BCUT2D eigenvalue weighted by Crippen LogP contribution is 2.21. The predicted octanol–water partition coefficient (Wildman–Crippen LogP) is 2.56. The van der Waals surface area contributed by atoms with Crippen LogP contribution in [0.15, 0.2) is 18.2 Å². The highest BCUT2D eigenvalue weighted by atomic mass is 127. The van der Waals surface area contributed by atoms with Crippen molar-refractivity contribution < 1.29 is 14.6 Å². The number of esters is 1. The summed E-state index contributed by atoms with van der Waals surface area (Å²) in [5.74, 6) is -0.531. The minimum Gasteiger partial charge on any atom is -0.507 e. The van der Waals surface area contributed by atoms with Gasteiger partial charge in [-0.25, -0.2) is 4.79 Å². The summed E-state index contributed by atoms with van der Waals surface area (Å²) in [4.78, 5) is 11.4. The first-order valence-electron chi connectivity index (χ1n) is 4.20. The molecule has 0 saturated heterocycles. The standard InChI is InChI=1S/C10H11IO3/c1-6(2)14-10(13)8-4-3-7(11)5-9(8)12/h3-6,12H,1-2H3. The molecule has 0 atom stereocenters. The normalized spacial score (nSPS) is 10.3. The first-order chi connectivity index (χ1) is 6.50. The number of aromatic hydroxyl groups is 1. The van der Waals surface area contributed by atoms with Gasteiger partial charge in [-0.2, -0.15) is 0 Å². The van der Waals surface area contributed by atoms with Crippen LogP contribution in [0.4, 0.5) is 0 Å². The maximum Gasteiger partial charge on any atom is 0.342 e. The van der Waals surface area contributed by atoms with Crippen LogP contribution >= 0.6 is 22.6 Å². The Morgan fingerprint density at radius 1 is 1.50 bits per heavy atom. The summed E-state index contributed by atoms with van der Waals surface area (Å²) in [5.41, 5.74) is 0.208. The van der Waals surface area contributed by atoms with Crippen molar-refractivity contribution in [2.75, 3.05) is 0 Å². The molecule has 1 aromatic carbocycles. The SMILES string of the molecule is CC(C)OC(=O)c1ccc(I)cc1O. The number of phenols is 1. The number of hydrogen-bond acceptors (Lipinski definition) is 3. The number of ether oxygens (including phenoxy) is 1. The van der Waals surface area contributed by atoms with Gasteiger partial charge in [0.25, 0.3) is 0 Å². The summed E-state index contributed by atoms with van der Waals surface area (Å²) in [6, 6.07) is 4.83. The van der Waals surface area contributed by atoms with Crippen molar-refractivity contribution in [3.05, 3.63) is 27.3 Å². The molecule has 0 aliphatic rings. The molecule has 0 aliphatic heterocycles. The van der Waals surface area contributed by atoms with E-state index in [1.165, 1.54) is 6.07 Å². The van der Waals surface area contributed by atoms with Crippen LogP contribution in [0.25, 0.3) is 0 Å². The molecule has 1 aromatic rings. The second kappa shape index (κ2) is 4.63. The number of hydrogen-bond donors (Lipinski definition) is 1. The maximum absolute atomic E-state index is 11.4. The molecule has 0 amide bonds. The maximum atomic E-state index is 11.4. The van der Waals surface area contributed by atoms with Gasteiger partial charge in [-0.15, -0.1) is 0 Å². The van der Waals surface area contributed by atoms with E-state index in [9.17, 15) is 9.90 Å². The molecule has 0 spiro atoms. The van der Waals surface area contributed by atoms with Crippen molar-refractivity contribution in [1.82, 2.24) is 0 Å². The van der Waals surface area contributed by atoms with Crippen molar-refractivity contribution in [2.45, 2.75) is 20.0 Å². The predicted molar refractivity (Wildman–Crippen MR) is 61.4 cm³/mol. The molecule has 1 N–H and O–H groups in total. The number of halogens is 1. The van der Waals surface area contributed by atoms with Crippen LogP contribution in [-0.4, -0.2) is 17.2 Å². The third-order valence-corrected chi connectivity index (χ3v) is 2.19. The van der Waals surface area contributed by atoms with Crippen LogP contribution in [0.3, 0.4) is 0 Å². The van der Waals surface area contributed by atoms with Crippen molar-refractivity contribution >= 4 is 28.6 Å². The first-order valence-corrected chi connectivity index (χ1v) is 5.28. The van der Waals surface area contributed by atoms with Gasteiger partial charge in [0.15, 0.2) is 0 Å². The van der Waals surface area contributed by atoms with E-state index in [4.69, 9.17) is 4.74 Å². The smallest absolute Gasteiger partial charge is 0.342 e. The molecule has 0 bridgehead atoms. The Kier molecular flexibility index (Phi) is 3.74. The fraction of sp³-hybridized carbons (Fsp3) is 0.300. The fourth-order valence-electron chi connectivity index (χ4n) is 0.955. The van der Waals surface area contributed by atoms with E-state index < -0.39 is 5.97 Å². The zero-order valence-corrected chi connectivity index (χ0v) is 10.1. The van der Waals surface area contributed by atoms with Gasteiger partial charge in [0.1, 0.15) is 11.3 Å². The Morgan fingerprint density at radius 3 is 2.64 bits per heavy atom. The van der Waals surface area contributed by atoms with Gasteiger partial charge < -0.3 is 9.84 Å². The van der Waals surface area contributed by atoms with Crippen LogP contribution < -0.4 is 0 Å². The molecule has 1 rings (SSSR count). The second-order valence-corrected chi connectivity index (χ2v) is 4.36. The molecule has 0 heterocycles. The van der Waals surface area contributed by atoms with E-state index in [0.717, 1.165) is 3.57 Å². The lowest BCUT2D eigenvalue weighted by Gasteiger charge is -2.08. The summed E-state index contributed by atoms with van der Waals surface area (Å²) in [7, 11) is 0. The Morgan fingerprint density at radius 2 is 2.14 bits per heavy atom. The van der Waals surface area contributed by atoms with Crippen molar-refractivity contribution in [3.63, 3.8) is 0 Å². The third kappa shape index (κ3) is 2.87. The molecule has 76 valence electrons. The lowest BCUT2D eigenvalue weighted by Crippen LogP contribution is -2.11. The quantitative estimate of drug-likeness (QED) is 0.675. The summed E-state index contributed by atoms with van der Waals surface area (Å²) in [5, 5.41) is 9.47. The number of rotatable bonds is 2. The number of benzene rings is 1. The second-order valence-electron chi connectivity index (χ2n) is 3.12. The van der Waals surface area contributed by atoms with Crippen LogP contribution in [-0.2, 0) is 4.74 Å². The Labute approximate surface area is 96.2 Å². The number of carbonyl (C=O) groups excluding carboxylic acids is 1.